The molecule has 2 fully saturated rings. The molecule has 1 aliphatic heterocycles. The van der Waals surface area contributed by atoms with Gasteiger partial charge in [0.1, 0.15) is 12.0 Å². The van der Waals surface area contributed by atoms with Crippen LogP contribution in [0.4, 0.5) is 21.8 Å². The van der Waals surface area contributed by atoms with Gasteiger partial charge < -0.3 is 20.6 Å². The van der Waals surface area contributed by atoms with Crippen LogP contribution in [-0.4, -0.2) is 82.4 Å². The van der Waals surface area contributed by atoms with E-state index in [0.717, 1.165) is 43.5 Å². The lowest BCUT2D eigenvalue weighted by molar-refractivity contribution is -0.120. The van der Waals surface area contributed by atoms with Gasteiger partial charge in [-0.1, -0.05) is 6.92 Å². The van der Waals surface area contributed by atoms with Gasteiger partial charge in [0.2, 0.25) is 11.9 Å². The fraction of sp³-hybridized carbons (Fsp3) is 0.583. The number of aliphatic hydroxyl groups is 1. The van der Waals surface area contributed by atoms with E-state index < -0.39 is 6.17 Å². The average molecular weight is 472 g/mol. The number of aromatic nitrogens is 3. The topological polar surface area (TPSA) is 107 Å². The summed E-state index contributed by atoms with van der Waals surface area (Å²) in [7, 11) is 1.94. The third-order valence-corrected chi connectivity index (χ3v) is 6.50. The predicted molar refractivity (Wildman–Crippen MR) is 131 cm³/mol. The van der Waals surface area contributed by atoms with Crippen LogP contribution < -0.4 is 15.5 Å². The predicted octanol–water partition coefficient (Wildman–Crippen LogP) is 2.69. The minimum Gasteiger partial charge on any atom is -0.393 e. The Labute approximate surface area is 199 Å². The van der Waals surface area contributed by atoms with Crippen molar-refractivity contribution < 1.29 is 14.3 Å². The van der Waals surface area contributed by atoms with Crippen molar-refractivity contribution in [2.24, 2.45) is 0 Å². The number of carbonyl (C=O) groups is 1. The highest BCUT2D eigenvalue weighted by Gasteiger charge is 2.24. The first-order valence-corrected chi connectivity index (χ1v) is 12.1. The van der Waals surface area contributed by atoms with Crippen molar-refractivity contribution in [2.45, 2.75) is 57.3 Å². The molecule has 2 aromatic rings. The van der Waals surface area contributed by atoms with Crippen LogP contribution in [0.3, 0.4) is 0 Å². The van der Waals surface area contributed by atoms with Crippen LogP contribution in [0.2, 0.25) is 0 Å². The van der Waals surface area contributed by atoms with E-state index in [2.05, 4.69) is 25.6 Å². The second kappa shape index (κ2) is 11.1. The zero-order valence-corrected chi connectivity index (χ0v) is 19.9. The largest absolute Gasteiger partial charge is 0.393 e. The molecule has 0 aromatic carbocycles. The number of hydrogen-bond donors (Lipinski definition) is 3. The van der Waals surface area contributed by atoms with Gasteiger partial charge >= 0.3 is 0 Å². The number of halogens is 1. The lowest BCUT2D eigenvalue weighted by Gasteiger charge is -2.32. The summed E-state index contributed by atoms with van der Waals surface area (Å²) in [6.07, 6.45) is 5.78. The zero-order chi connectivity index (χ0) is 24.1. The van der Waals surface area contributed by atoms with E-state index in [-0.39, 0.29) is 24.6 Å². The third-order valence-electron chi connectivity index (χ3n) is 6.50. The number of aliphatic hydroxyl groups excluding tert-OH is 1. The van der Waals surface area contributed by atoms with Crippen molar-refractivity contribution in [3.05, 3.63) is 24.5 Å². The molecule has 0 radical (unpaired) electrons. The number of piperazine rings is 1. The fourth-order valence-electron chi connectivity index (χ4n) is 4.29. The molecule has 1 amide bonds. The van der Waals surface area contributed by atoms with E-state index in [9.17, 15) is 14.3 Å². The number of hydrogen-bond acceptors (Lipinski definition) is 8. The Kier molecular flexibility index (Phi) is 7.89. The average Bonchev–Trinajstić information content (AvgIpc) is 2.84. The number of nitrogens with zero attached hydrogens (tertiary/aromatic N) is 5. The Morgan fingerprint density at radius 3 is 2.65 bits per heavy atom. The van der Waals surface area contributed by atoms with E-state index in [1.165, 1.54) is 0 Å². The van der Waals surface area contributed by atoms with Gasteiger partial charge in [0.25, 0.3) is 0 Å². The molecule has 1 atom stereocenters. The molecule has 34 heavy (non-hydrogen) atoms. The summed E-state index contributed by atoms with van der Waals surface area (Å²) in [5, 5.41) is 16.3. The van der Waals surface area contributed by atoms with Gasteiger partial charge in [0.05, 0.1) is 35.8 Å². The van der Waals surface area contributed by atoms with Crippen molar-refractivity contribution in [1.82, 2.24) is 19.9 Å². The third kappa shape index (κ3) is 5.98. The summed E-state index contributed by atoms with van der Waals surface area (Å²) in [4.78, 5) is 29.8. The first kappa shape index (κ1) is 24.3. The lowest BCUT2D eigenvalue weighted by atomic mass is 9.93. The molecule has 1 saturated carbocycles. The quantitative estimate of drug-likeness (QED) is 0.540. The monoisotopic (exact) mass is 471 g/mol. The van der Waals surface area contributed by atoms with Crippen LogP contribution in [0.5, 0.6) is 0 Å². The Hall–Kier alpha value is -2.85. The molecule has 4 rings (SSSR count). The molecule has 2 aromatic heterocycles. The Bertz CT molecular complexity index is 966. The van der Waals surface area contributed by atoms with Gasteiger partial charge in [-0.05, 0) is 51.3 Å². The molecular weight excluding hydrogens is 437 g/mol. The summed E-state index contributed by atoms with van der Waals surface area (Å²) in [5.41, 5.74) is 2.19. The van der Waals surface area contributed by atoms with Crippen molar-refractivity contribution in [2.75, 3.05) is 48.8 Å². The molecule has 3 heterocycles. The number of rotatable bonds is 8. The Morgan fingerprint density at radius 2 is 1.97 bits per heavy atom. The van der Waals surface area contributed by atoms with Crippen molar-refractivity contribution in [3.63, 3.8) is 0 Å². The molecule has 0 bridgehead atoms. The number of alkyl halides is 1. The van der Waals surface area contributed by atoms with Gasteiger partial charge in [-0.2, -0.15) is 4.98 Å². The number of anilines is 3. The van der Waals surface area contributed by atoms with E-state index in [1.807, 2.05) is 24.1 Å². The van der Waals surface area contributed by atoms with Crippen LogP contribution in [0.1, 0.15) is 39.0 Å². The second-order valence-corrected chi connectivity index (χ2v) is 9.18. The van der Waals surface area contributed by atoms with E-state index in [0.29, 0.717) is 37.0 Å². The maximum Gasteiger partial charge on any atom is 0.241 e. The minimum absolute atomic E-state index is 0.0575. The Balaban J connectivity index is 1.55. The van der Waals surface area contributed by atoms with Gasteiger partial charge in [0.15, 0.2) is 0 Å². The Morgan fingerprint density at radius 1 is 1.18 bits per heavy atom. The smallest absolute Gasteiger partial charge is 0.241 e. The summed E-state index contributed by atoms with van der Waals surface area (Å²) in [5.74, 6) is 1.04. The summed E-state index contributed by atoms with van der Waals surface area (Å²) < 4.78 is 13.7. The van der Waals surface area contributed by atoms with Gasteiger partial charge in [-0.25, -0.2) is 9.37 Å². The van der Waals surface area contributed by atoms with Gasteiger partial charge in [0, 0.05) is 31.9 Å². The van der Waals surface area contributed by atoms with E-state index in [1.54, 1.807) is 24.2 Å². The standard InChI is InChI=1S/C24H34FN7O2/c1-3-16(25)12-27-24-28-14-20(23(30-24)29-17-4-7-19(33)8-5-17)21-9-6-18(13-26-21)32-11-10-31(2)15-22(32)34/h6,9,13-14,16-17,19,33H,3-5,7-8,10-12,15H2,1-2H3,(H2,27,28,29,30)/t16-,17?,19?/m0/s1. The highest BCUT2D eigenvalue weighted by molar-refractivity contribution is 5.95. The number of nitrogens with one attached hydrogen (secondary N) is 2. The molecule has 2 aliphatic rings. The van der Waals surface area contributed by atoms with Crippen LogP contribution in [0, 0.1) is 0 Å². The van der Waals surface area contributed by atoms with Crippen LogP contribution in [-0.2, 0) is 4.79 Å². The minimum atomic E-state index is -0.967. The van der Waals surface area contributed by atoms with Gasteiger partial charge in [-0.3, -0.25) is 14.7 Å². The second-order valence-electron chi connectivity index (χ2n) is 9.18. The van der Waals surface area contributed by atoms with E-state index in [4.69, 9.17) is 0 Å². The molecule has 9 nitrogen and oxygen atoms in total. The first-order valence-electron chi connectivity index (χ1n) is 12.1. The first-order chi connectivity index (χ1) is 16.4. The zero-order valence-electron chi connectivity index (χ0n) is 19.9. The van der Waals surface area contributed by atoms with Crippen molar-refractivity contribution in [3.8, 4) is 11.3 Å². The normalized spacial score (nSPS) is 22.5. The molecule has 184 valence electrons. The maximum atomic E-state index is 13.7. The number of carbonyl (C=O) groups excluding carboxylic acids is 1. The molecule has 1 saturated heterocycles. The number of likely N-dealkylation sites (N-methyl/N-ethyl adjacent to an activating group) is 1. The van der Waals surface area contributed by atoms with Gasteiger partial charge in [-0.15, -0.1) is 0 Å². The van der Waals surface area contributed by atoms with Crippen molar-refractivity contribution in [1.29, 1.82) is 0 Å². The van der Waals surface area contributed by atoms with Crippen LogP contribution >= 0.6 is 0 Å². The SMILES string of the molecule is CC[C@H](F)CNc1ncc(-c2ccc(N3CCN(C)CC3=O)cn2)c(NC2CCC(O)CC2)n1. The van der Waals surface area contributed by atoms with Crippen LogP contribution in [0.25, 0.3) is 11.3 Å². The van der Waals surface area contributed by atoms with E-state index >= 15 is 0 Å². The van der Waals surface area contributed by atoms with Crippen molar-refractivity contribution >= 4 is 23.4 Å². The van der Waals surface area contributed by atoms with Crippen LogP contribution in [0.15, 0.2) is 24.5 Å². The molecule has 3 N–H and O–H groups in total. The lowest BCUT2D eigenvalue weighted by Crippen LogP contribution is -2.48. The maximum absolute atomic E-state index is 13.7. The summed E-state index contributed by atoms with van der Waals surface area (Å²) in [6.45, 7) is 3.79. The summed E-state index contributed by atoms with van der Waals surface area (Å²) in [6, 6.07) is 3.95. The molecular formula is C24H34FN7O2. The molecule has 0 spiro atoms. The molecule has 0 unspecified atom stereocenters. The highest BCUT2D eigenvalue weighted by atomic mass is 19.1. The summed E-state index contributed by atoms with van der Waals surface area (Å²) >= 11 is 0. The highest BCUT2D eigenvalue weighted by Crippen LogP contribution is 2.30. The molecule has 1 aliphatic carbocycles. The number of pyridine rings is 1. The fourth-order valence-corrected chi connectivity index (χ4v) is 4.29. The number of amides is 1. The molecule has 10 heteroatoms.